The van der Waals surface area contributed by atoms with E-state index >= 15 is 0 Å². The summed E-state index contributed by atoms with van der Waals surface area (Å²) < 4.78 is 17.1. The number of hydrogen-bond donors (Lipinski definition) is 0. The Kier molecular flexibility index (Phi) is 5.58. The van der Waals surface area contributed by atoms with E-state index < -0.39 is 0 Å². The summed E-state index contributed by atoms with van der Waals surface area (Å²) in [6.07, 6.45) is 3.40. The molecule has 1 saturated heterocycles. The maximum Gasteiger partial charge on any atom is 0.231 e. The minimum absolute atomic E-state index is 0.681. The maximum absolute atomic E-state index is 6.33. The summed E-state index contributed by atoms with van der Waals surface area (Å²) in [7, 11) is 1.67. The fourth-order valence-electron chi connectivity index (χ4n) is 4.21. The van der Waals surface area contributed by atoms with Crippen LogP contribution < -0.4 is 9.47 Å². The molecule has 0 unspecified atom stereocenters. The van der Waals surface area contributed by atoms with Crippen LogP contribution in [0.3, 0.4) is 0 Å². The SMILES string of the molecule is COc1ccc(Oc2nc(CN3CCOCC3)nc3sc4c(c23)CC[C@H](C)C4)cc1. The molecule has 0 N–H and O–H groups in total. The molecule has 3 heterocycles. The number of aromatic nitrogens is 2. The highest BCUT2D eigenvalue weighted by molar-refractivity contribution is 7.18. The number of aryl methyl sites for hydroxylation is 1. The van der Waals surface area contributed by atoms with E-state index in [2.05, 4.69) is 11.8 Å². The average Bonchev–Trinajstić information content (AvgIpc) is 3.12. The first-order valence-electron chi connectivity index (χ1n) is 10.6. The van der Waals surface area contributed by atoms with Gasteiger partial charge in [0.25, 0.3) is 0 Å². The number of rotatable bonds is 5. The van der Waals surface area contributed by atoms with Gasteiger partial charge in [0, 0.05) is 18.0 Å². The van der Waals surface area contributed by atoms with Gasteiger partial charge in [-0.1, -0.05) is 6.92 Å². The number of nitrogens with zero attached hydrogens (tertiary/aromatic N) is 3. The summed E-state index contributed by atoms with van der Waals surface area (Å²) >= 11 is 1.82. The Morgan fingerprint density at radius 3 is 2.67 bits per heavy atom. The molecular formula is C23H27N3O3S. The zero-order valence-electron chi connectivity index (χ0n) is 17.5. The molecule has 0 radical (unpaired) electrons. The normalized spacial score (nSPS) is 19.6. The van der Waals surface area contributed by atoms with Gasteiger partial charge in [-0.3, -0.25) is 4.90 Å². The molecule has 1 aliphatic heterocycles. The molecule has 0 bridgehead atoms. The second-order valence-electron chi connectivity index (χ2n) is 8.14. The molecule has 1 aromatic carbocycles. The molecule has 1 fully saturated rings. The van der Waals surface area contributed by atoms with Crippen molar-refractivity contribution in [3.63, 3.8) is 0 Å². The predicted molar refractivity (Wildman–Crippen MR) is 118 cm³/mol. The summed E-state index contributed by atoms with van der Waals surface area (Å²) in [5.74, 6) is 3.79. The van der Waals surface area contributed by atoms with Crippen molar-refractivity contribution in [2.24, 2.45) is 5.92 Å². The largest absolute Gasteiger partial charge is 0.497 e. The Balaban J connectivity index is 1.53. The monoisotopic (exact) mass is 425 g/mol. The molecule has 6 nitrogen and oxygen atoms in total. The van der Waals surface area contributed by atoms with Crippen molar-refractivity contribution in [2.75, 3.05) is 33.4 Å². The van der Waals surface area contributed by atoms with Gasteiger partial charge < -0.3 is 14.2 Å². The Labute approximate surface area is 180 Å². The third-order valence-corrected chi connectivity index (χ3v) is 7.06. The molecule has 0 spiro atoms. The standard InChI is InChI=1S/C23H27N3O3S/c1-15-3-8-18-19(13-15)30-23-21(18)22(29-17-6-4-16(27-2)5-7-17)24-20(25-23)14-26-9-11-28-12-10-26/h4-7,15H,3,8-14H2,1-2H3/t15-/m0/s1. The van der Waals surface area contributed by atoms with Crippen LogP contribution >= 0.6 is 11.3 Å². The Hall–Kier alpha value is -2.22. The van der Waals surface area contributed by atoms with E-state index in [4.69, 9.17) is 24.2 Å². The molecule has 1 atom stereocenters. The average molecular weight is 426 g/mol. The maximum atomic E-state index is 6.33. The van der Waals surface area contributed by atoms with Crippen LogP contribution in [-0.2, 0) is 24.1 Å². The summed E-state index contributed by atoms with van der Waals surface area (Å²) in [5.41, 5.74) is 1.38. The van der Waals surface area contributed by atoms with Crippen LogP contribution in [-0.4, -0.2) is 48.3 Å². The lowest BCUT2D eigenvalue weighted by Crippen LogP contribution is -2.36. The molecule has 158 valence electrons. The van der Waals surface area contributed by atoms with E-state index in [-0.39, 0.29) is 0 Å². The number of hydrogen-bond acceptors (Lipinski definition) is 7. The molecule has 0 saturated carbocycles. The summed E-state index contributed by atoms with van der Waals surface area (Å²) in [6.45, 7) is 6.41. The number of benzene rings is 1. The minimum Gasteiger partial charge on any atom is -0.497 e. The van der Waals surface area contributed by atoms with E-state index in [1.165, 1.54) is 16.9 Å². The molecule has 7 heteroatoms. The molecule has 2 aromatic heterocycles. The summed E-state index contributed by atoms with van der Waals surface area (Å²) in [4.78, 5) is 14.7. The zero-order valence-corrected chi connectivity index (χ0v) is 18.3. The molecule has 5 rings (SSSR count). The van der Waals surface area contributed by atoms with Crippen molar-refractivity contribution in [1.29, 1.82) is 0 Å². The number of morpholine rings is 1. The van der Waals surface area contributed by atoms with E-state index in [1.807, 2.05) is 35.6 Å². The van der Waals surface area contributed by atoms with Gasteiger partial charge in [-0.05, 0) is 55.0 Å². The van der Waals surface area contributed by atoms with Gasteiger partial charge in [-0.15, -0.1) is 11.3 Å². The number of thiophene rings is 1. The van der Waals surface area contributed by atoms with Crippen molar-refractivity contribution in [3.05, 3.63) is 40.5 Å². The van der Waals surface area contributed by atoms with E-state index in [0.717, 1.165) is 79.1 Å². The minimum atomic E-state index is 0.681. The fourth-order valence-corrected chi connectivity index (χ4v) is 5.60. The van der Waals surface area contributed by atoms with Crippen LogP contribution in [0.5, 0.6) is 17.4 Å². The second-order valence-corrected chi connectivity index (χ2v) is 9.23. The molecule has 30 heavy (non-hydrogen) atoms. The van der Waals surface area contributed by atoms with Gasteiger partial charge in [0.15, 0.2) is 0 Å². The summed E-state index contributed by atoms with van der Waals surface area (Å²) in [6, 6.07) is 7.67. The van der Waals surface area contributed by atoms with Crippen molar-refractivity contribution < 1.29 is 14.2 Å². The van der Waals surface area contributed by atoms with Gasteiger partial charge in [0.05, 0.1) is 32.3 Å². The van der Waals surface area contributed by atoms with Crippen LogP contribution in [0.2, 0.25) is 0 Å². The van der Waals surface area contributed by atoms with Crippen molar-refractivity contribution in [1.82, 2.24) is 14.9 Å². The highest BCUT2D eigenvalue weighted by Gasteiger charge is 2.25. The quantitative estimate of drug-likeness (QED) is 0.602. The molecule has 1 aliphatic carbocycles. The van der Waals surface area contributed by atoms with E-state index in [0.29, 0.717) is 5.88 Å². The molecular weight excluding hydrogens is 398 g/mol. The number of methoxy groups -OCH3 is 1. The lowest BCUT2D eigenvalue weighted by molar-refractivity contribution is 0.0330. The second kappa shape index (κ2) is 8.49. The number of fused-ring (bicyclic) bond motifs is 3. The predicted octanol–water partition coefficient (Wildman–Crippen LogP) is 4.45. The lowest BCUT2D eigenvalue weighted by atomic mass is 9.89. The lowest BCUT2D eigenvalue weighted by Gasteiger charge is -2.25. The topological polar surface area (TPSA) is 56.7 Å². The molecule has 3 aromatic rings. The van der Waals surface area contributed by atoms with Gasteiger partial charge in [0.2, 0.25) is 5.88 Å². The first-order chi connectivity index (χ1) is 14.7. The smallest absolute Gasteiger partial charge is 0.231 e. The van der Waals surface area contributed by atoms with Crippen molar-refractivity contribution >= 4 is 21.6 Å². The zero-order chi connectivity index (χ0) is 20.5. The van der Waals surface area contributed by atoms with Crippen LogP contribution in [0.25, 0.3) is 10.2 Å². The van der Waals surface area contributed by atoms with Gasteiger partial charge in [-0.2, -0.15) is 4.98 Å². The van der Waals surface area contributed by atoms with Crippen LogP contribution in [0.1, 0.15) is 29.6 Å². The molecule has 2 aliphatic rings. The fraction of sp³-hybridized carbons (Fsp3) is 0.478. The number of ether oxygens (including phenoxy) is 3. The Morgan fingerprint density at radius 1 is 1.13 bits per heavy atom. The van der Waals surface area contributed by atoms with Gasteiger partial charge in [0.1, 0.15) is 22.2 Å². The van der Waals surface area contributed by atoms with E-state index in [1.54, 1.807) is 7.11 Å². The van der Waals surface area contributed by atoms with Crippen LogP contribution in [0, 0.1) is 5.92 Å². The highest BCUT2D eigenvalue weighted by Crippen LogP contribution is 2.42. The summed E-state index contributed by atoms with van der Waals surface area (Å²) in [5, 5.41) is 1.10. The highest BCUT2D eigenvalue weighted by atomic mass is 32.1. The van der Waals surface area contributed by atoms with E-state index in [9.17, 15) is 0 Å². The Bertz CT molecular complexity index is 1030. The van der Waals surface area contributed by atoms with Crippen molar-refractivity contribution in [2.45, 2.75) is 32.7 Å². The van der Waals surface area contributed by atoms with Crippen LogP contribution in [0.4, 0.5) is 0 Å². The first-order valence-corrected chi connectivity index (χ1v) is 11.4. The van der Waals surface area contributed by atoms with Gasteiger partial charge >= 0.3 is 0 Å². The first kappa shape index (κ1) is 19.7. The molecule has 0 amide bonds. The third-order valence-electron chi connectivity index (χ3n) is 5.91. The third kappa shape index (κ3) is 4.02. The Morgan fingerprint density at radius 2 is 1.90 bits per heavy atom. The van der Waals surface area contributed by atoms with Gasteiger partial charge in [-0.25, -0.2) is 4.98 Å². The van der Waals surface area contributed by atoms with Crippen LogP contribution in [0.15, 0.2) is 24.3 Å². The van der Waals surface area contributed by atoms with Crippen molar-refractivity contribution in [3.8, 4) is 17.4 Å².